The molecular weight excluding hydrogens is 870 g/mol. The number of carbonyl (C=O) groups excluding carboxylic acids is 4. The van der Waals surface area contributed by atoms with Crippen molar-refractivity contribution in [1.82, 2.24) is 25.0 Å². The lowest BCUT2D eigenvalue weighted by atomic mass is 9.67. The first-order valence-corrected chi connectivity index (χ1v) is 23.3. The Kier molecular flexibility index (Phi) is 10.6. The molecule has 0 radical (unpaired) electrons. The molecule has 11 rings (SSSR count). The van der Waals surface area contributed by atoms with Gasteiger partial charge in [-0.3, -0.25) is 24.5 Å². The van der Waals surface area contributed by atoms with Gasteiger partial charge in [-0.2, -0.15) is 13.2 Å². The van der Waals surface area contributed by atoms with Gasteiger partial charge >= 0.3 is 6.18 Å². The monoisotopic (exact) mass is 922 g/mol. The molecule has 67 heavy (non-hydrogen) atoms. The van der Waals surface area contributed by atoms with E-state index in [0.29, 0.717) is 61.8 Å². The maximum absolute atomic E-state index is 14.8. The fourth-order valence-electron chi connectivity index (χ4n) is 11.7. The highest BCUT2D eigenvalue weighted by molar-refractivity contribution is 6.11. The molecule has 1 spiro atoms. The highest BCUT2D eigenvalue weighted by atomic mass is 19.4. The van der Waals surface area contributed by atoms with Crippen molar-refractivity contribution in [2.75, 3.05) is 61.2 Å². The normalized spacial score (nSPS) is 22.8. The zero-order valence-corrected chi connectivity index (χ0v) is 37.6. The summed E-state index contributed by atoms with van der Waals surface area (Å²) in [6.45, 7) is 3.73. The van der Waals surface area contributed by atoms with Crippen molar-refractivity contribution in [2.24, 2.45) is 12.5 Å². The second kappa shape index (κ2) is 16.4. The molecule has 4 saturated heterocycles. The largest absolute Gasteiger partial charge is 0.494 e. The standard InChI is InChI=1S/C49H53F3N8O7/c1-56-28-53-55-41(56)21-48(26-66-27-48)29-4-3-5-30(18-29)59-22-36-35(46(59)64)19-31(20-38(36)49(50,51)52)58-24-47(25-58)14-10-32(11-15-47)67-33-12-16-57(17-13-33)39-7-6-34-37(43(39)65-2)23-60(45(34)63)40-8-9-42(61)54-44(40)62/h3-7,18-20,28,32-33,40H,8-17,21-27H2,1-2H3,(H,54,61,62). The number of hydrogen-bond donors (Lipinski definition) is 1. The van der Waals surface area contributed by atoms with E-state index in [0.717, 1.165) is 74.3 Å². The first kappa shape index (κ1) is 43.6. The van der Waals surface area contributed by atoms with Gasteiger partial charge in [0.1, 0.15) is 23.9 Å². The smallest absolute Gasteiger partial charge is 0.416 e. The van der Waals surface area contributed by atoms with Gasteiger partial charge in [0.15, 0.2) is 0 Å². The number of hydrogen-bond acceptors (Lipinski definition) is 11. The molecule has 5 fully saturated rings. The van der Waals surface area contributed by atoms with E-state index in [9.17, 15) is 32.3 Å². The van der Waals surface area contributed by atoms with Crippen molar-refractivity contribution in [2.45, 2.75) is 101 Å². The number of amides is 4. The summed E-state index contributed by atoms with van der Waals surface area (Å²) >= 11 is 0. The summed E-state index contributed by atoms with van der Waals surface area (Å²) in [4.78, 5) is 59.1. The van der Waals surface area contributed by atoms with Crippen LogP contribution in [0.4, 0.5) is 30.2 Å². The van der Waals surface area contributed by atoms with Crippen LogP contribution in [0.25, 0.3) is 0 Å². The van der Waals surface area contributed by atoms with Crippen molar-refractivity contribution in [1.29, 1.82) is 0 Å². The number of anilines is 3. The lowest BCUT2D eigenvalue weighted by Gasteiger charge is -2.55. The average Bonchev–Trinajstić information content (AvgIpc) is 3.97. The van der Waals surface area contributed by atoms with Gasteiger partial charge in [-0.25, -0.2) is 0 Å². The third kappa shape index (κ3) is 7.59. The van der Waals surface area contributed by atoms with E-state index in [-0.39, 0.29) is 65.5 Å². The van der Waals surface area contributed by atoms with Crippen molar-refractivity contribution in [3.63, 3.8) is 0 Å². The summed E-state index contributed by atoms with van der Waals surface area (Å²) in [5, 5.41) is 10.6. The Bertz CT molecular complexity index is 2660. The molecule has 6 aliphatic heterocycles. The second-order valence-electron chi connectivity index (χ2n) is 19.7. The van der Waals surface area contributed by atoms with E-state index in [1.165, 1.54) is 15.9 Å². The number of methoxy groups -OCH3 is 1. The number of piperidine rings is 2. The van der Waals surface area contributed by atoms with Gasteiger partial charge in [0, 0.05) is 85.0 Å². The van der Waals surface area contributed by atoms with Gasteiger partial charge in [-0.15, -0.1) is 10.2 Å². The first-order chi connectivity index (χ1) is 32.2. The predicted molar refractivity (Wildman–Crippen MR) is 238 cm³/mol. The van der Waals surface area contributed by atoms with E-state index >= 15 is 0 Å². The highest BCUT2D eigenvalue weighted by Gasteiger charge is 2.49. The third-order valence-electron chi connectivity index (χ3n) is 15.6. The number of rotatable bonds is 10. The van der Waals surface area contributed by atoms with Crippen molar-refractivity contribution in [3.05, 3.63) is 94.1 Å². The average molecular weight is 923 g/mol. The lowest BCUT2D eigenvalue weighted by molar-refractivity contribution is -0.138. The quantitative estimate of drug-likeness (QED) is 0.195. The topological polar surface area (TPSA) is 152 Å². The minimum absolute atomic E-state index is 0.00688. The summed E-state index contributed by atoms with van der Waals surface area (Å²) in [6, 6.07) is 13.4. The molecule has 4 amide bonds. The molecule has 4 aromatic rings. The summed E-state index contributed by atoms with van der Waals surface area (Å²) in [7, 11) is 3.47. The number of nitrogens with zero attached hydrogens (tertiary/aromatic N) is 7. The number of halogens is 3. The molecule has 1 aliphatic carbocycles. The molecule has 0 bridgehead atoms. The molecule has 1 saturated carbocycles. The molecule has 7 aliphatic rings. The first-order valence-electron chi connectivity index (χ1n) is 23.3. The number of ether oxygens (including phenoxy) is 3. The van der Waals surface area contributed by atoms with Crippen LogP contribution in [0.3, 0.4) is 0 Å². The zero-order chi connectivity index (χ0) is 46.4. The van der Waals surface area contributed by atoms with Gasteiger partial charge in [0.2, 0.25) is 11.8 Å². The number of alkyl halides is 3. The maximum atomic E-state index is 14.8. The Morgan fingerprint density at radius 1 is 0.851 bits per heavy atom. The molecule has 15 nitrogen and oxygen atoms in total. The van der Waals surface area contributed by atoms with Crippen LogP contribution in [0.2, 0.25) is 0 Å². The molecule has 7 heterocycles. The van der Waals surface area contributed by atoms with E-state index in [1.54, 1.807) is 25.6 Å². The molecule has 1 unspecified atom stereocenters. The fourth-order valence-corrected chi connectivity index (χ4v) is 11.7. The summed E-state index contributed by atoms with van der Waals surface area (Å²) in [5.74, 6) is -0.0336. The summed E-state index contributed by atoms with van der Waals surface area (Å²) in [5.41, 5.74) is 3.02. The number of carbonyl (C=O) groups is 4. The fraction of sp³-hybridized carbons (Fsp3) is 0.510. The van der Waals surface area contributed by atoms with Crippen LogP contribution in [0.1, 0.15) is 100 Å². The molecule has 352 valence electrons. The van der Waals surface area contributed by atoms with Crippen LogP contribution in [-0.4, -0.2) is 108 Å². The van der Waals surface area contributed by atoms with Gasteiger partial charge in [-0.05, 0) is 92.5 Å². The van der Waals surface area contributed by atoms with E-state index < -0.39 is 29.6 Å². The summed E-state index contributed by atoms with van der Waals surface area (Å²) in [6.07, 6.45) is 3.47. The second-order valence-corrected chi connectivity index (χ2v) is 19.7. The number of aromatic nitrogens is 3. The third-order valence-corrected chi connectivity index (χ3v) is 15.6. The molecular formula is C49H53F3N8O7. The Morgan fingerprint density at radius 3 is 2.28 bits per heavy atom. The van der Waals surface area contributed by atoms with Crippen molar-refractivity contribution < 1.29 is 46.6 Å². The van der Waals surface area contributed by atoms with Crippen LogP contribution < -0.4 is 24.8 Å². The molecule has 1 atom stereocenters. The van der Waals surface area contributed by atoms with Crippen LogP contribution in [0.5, 0.6) is 5.75 Å². The number of aryl methyl sites for hydroxylation is 1. The van der Waals surface area contributed by atoms with Gasteiger partial charge in [-0.1, -0.05) is 12.1 Å². The van der Waals surface area contributed by atoms with Gasteiger partial charge < -0.3 is 38.4 Å². The summed E-state index contributed by atoms with van der Waals surface area (Å²) < 4.78 is 64.5. The van der Waals surface area contributed by atoms with Crippen molar-refractivity contribution in [3.8, 4) is 5.75 Å². The maximum Gasteiger partial charge on any atom is 0.416 e. The number of benzene rings is 3. The van der Waals surface area contributed by atoms with Gasteiger partial charge in [0.05, 0.1) is 56.9 Å². The predicted octanol–water partition coefficient (Wildman–Crippen LogP) is 5.71. The van der Waals surface area contributed by atoms with E-state index in [4.69, 9.17) is 14.2 Å². The number of fused-ring (bicyclic) bond motifs is 2. The highest BCUT2D eigenvalue weighted by Crippen LogP contribution is 2.49. The minimum atomic E-state index is -4.63. The van der Waals surface area contributed by atoms with Crippen LogP contribution in [0, 0.1) is 5.41 Å². The SMILES string of the molecule is COc1c(N2CCC(OC3CCC4(CC3)CN(c3cc5c(c(C(F)(F)F)c3)CN(c3cccc(C6(Cc7nncn7C)COC6)c3)C5=O)C4)CC2)ccc2c1CN(C1CCC(=O)NC1=O)C2=O. The molecule has 18 heteroatoms. The Labute approximate surface area is 385 Å². The molecule has 3 aromatic carbocycles. The Balaban J connectivity index is 0.701. The molecule has 1 aromatic heterocycles. The van der Waals surface area contributed by atoms with Gasteiger partial charge in [0.25, 0.3) is 11.8 Å². The Morgan fingerprint density at radius 2 is 1.61 bits per heavy atom. The van der Waals surface area contributed by atoms with Crippen LogP contribution in [-0.2, 0) is 57.2 Å². The van der Waals surface area contributed by atoms with Crippen molar-refractivity contribution >= 4 is 40.7 Å². The van der Waals surface area contributed by atoms with Crippen LogP contribution >= 0.6 is 0 Å². The molecule has 1 N–H and O–H groups in total. The van der Waals surface area contributed by atoms with E-state index in [2.05, 4.69) is 20.4 Å². The Hall–Kier alpha value is -6.01. The number of imide groups is 1. The van der Waals surface area contributed by atoms with E-state index in [1.807, 2.05) is 46.8 Å². The minimum Gasteiger partial charge on any atom is -0.494 e. The lowest BCUT2D eigenvalue weighted by Crippen LogP contribution is -2.58. The zero-order valence-electron chi connectivity index (χ0n) is 37.6. The van der Waals surface area contributed by atoms with Crippen LogP contribution in [0.15, 0.2) is 54.9 Å². The number of nitrogens with one attached hydrogen (secondary N) is 1.